The minimum absolute atomic E-state index is 0.0784. The fraction of sp³-hybridized carbons (Fsp3) is 0.917. The van der Waals surface area contributed by atoms with Gasteiger partial charge in [0.15, 0.2) is 0 Å². The first-order chi connectivity index (χ1) is 7.52. The van der Waals surface area contributed by atoms with E-state index in [9.17, 15) is 4.79 Å². The summed E-state index contributed by atoms with van der Waals surface area (Å²) in [4.78, 5) is 15.7. The first-order valence-corrected chi connectivity index (χ1v) is 6.17. The van der Waals surface area contributed by atoms with Crippen LogP contribution in [0, 0.1) is 0 Å². The monoisotopic (exact) mass is 227 g/mol. The maximum Gasteiger partial charge on any atom is 0.238 e. The Kier molecular flexibility index (Phi) is 5.22. The summed E-state index contributed by atoms with van der Waals surface area (Å²) in [6, 6.07) is 0.511. The molecule has 0 aliphatic carbocycles. The molecule has 4 heteroatoms. The molecule has 1 saturated heterocycles. The maximum atomic E-state index is 11.6. The van der Waals surface area contributed by atoms with Gasteiger partial charge in [-0.05, 0) is 33.4 Å². The number of piperidine rings is 1. The molecule has 1 N–H and O–H groups in total. The lowest BCUT2D eigenvalue weighted by Crippen LogP contribution is -2.49. The lowest BCUT2D eigenvalue weighted by atomic mass is 10.0. The molecule has 1 aliphatic rings. The second-order valence-corrected chi connectivity index (χ2v) is 4.99. The zero-order valence-corrected chi connectivity index (χ0v) is 11.0. The first-order valence-electron chi connectivity index (χ1n) is 6.17. The molecule has 2 unspecified atom stereocenters. The average Bonchev–Trinajstić information content (AvgIpc) is 2.26. The number of amides is 1. The zero-order valence-electron chi connectivity index (χ0n) is 11.0. The van der Waals surface area contributed by atoms with E-state index in [-0.39, 0.29) is 11.9 Å². The fourth-order valence-corrected chi connectivity index (χ4v) is 2.19. The smallest absolute Gasteiger partial charge is 0.238 e. The minimum Gasteiger partial charge on any atom is -0.347 e. The second-order valence-electron chi connectivity index (χ2n) is 4.99. The lowest BCUT2D eigenvalue weighted by molar-refractivity contribution is -0.130. The third-order valence-corrected chi connectivity index (χ3v) is 3.39. The van der Waals surface area contributed by atoms with Crippen molar-refractivity contribution in [3.05, 3.63) is 0 Å². The zero-order chi connectivity index (χ0) is 12.1. The normalized spacial score (nSPS) is 24.1. The second kappa shape index (κ2) is 6.21. The van der Waals surface area contributed by atoms with Gasteiger partial charge in [-0.1, -0.05) is 6.42 Å². The molecule has 0 radical (unpaired) electrons. The predicted molar refractivity (Wildman–Crippen MR) is 66.4 cm³/mol. The van der Waals surface area contributed by atoms with E-state index in [1.54, 1.807) is 19.0 Å². The van der Waals surface area contributed by atoms with Crippen molar-refractivity contribution in [2.75, 3.05) is 34.2 Å². The van der Waals surface area contributed by atoms with Gasteiger partial charge in [-0.15, -0.1) is 0 Å². The van der Waals surface area contributed by atoms with Gasteiger partial charge in [0.25, 0.3) is 0 Å². The number of nitrogens with zero attached hydrogens (tertiary/aromatic N) is 2. The van der Waals surface area contributed by atoms with E-state index in [0.717, 1.165) is 6.54 Å². The number of carbonyl (C=O) groups is 1. The minimum atomic E-state index is -0.0784. The molecule has 0 saturated carbocycles. The van der Waals surface area contributed by atoms with Crippen LogP contribution in [0.25, 0.3) is 0 Å². The molecule has 4 nitrogen and oxygen atoms in total. The Balaban J connectivity index is 2.30. The SMILES string of the molecule is CC(NCC1CCCCN1C)C(=O)N(C)C. The van der Waals surface area contributed by atoms with E-state index in [1.165, 1.54) is 25.8 Å². The number of nitrogens with one attached hydrogen (secondary N) is 1. The van der Waals surface area contributed by atoms with E-state index >= 15 is 0 Å². The highest BCUT2D eigenvalue weighted by molar-refractivity contribution is 5.80. The van der Waals surface area contributed by atoms with Crippen molar-refractivity contribution in [1.29, 1.82) is 0 Å². The Morgan fingerprint density at radius 2 is 2.19 bits per heavy atom. The number of likely N-dealkylation sites (tertiary alicyclic amines) is 1. The van der Waals surface area contributed by atoms with Gasteiger partial charge >= 0.3 is 0 Å². The van der Waals surface area contributed by atoms with E-state index < -0.39 is 0 Å². The van der Waals surface area contributed by atoms with Crippen molar-refractivity contribution in [2.45, 2.75) is 38.3 Å². The number of carbonyl (C=O) groups excluding carboxylic acids is 1. The highest BCUT2D eigenvalue weighted by atomic mass is 16.2. The van der Waals surface area contributed by atoms with Crippen molar-refractivity contribution >= 4 is 5.91 Å². The van der Waals surface area contributed by atoms with Crippen LogP contribution in [0.1, 0.15) is 26.2 Å². The third kappa shape index (κ3) is 3.76. The Hall–Kier alpha value is -0.610. The molecule has 1 aliphatic heterocycles. The number of likely N-dealkylation sites (N-methyl/N-ethyl adjacent to an activating group) is 2. The fourth-order valence-electron chi connectivity index (χ4n) is 2.19. The van der Waals surface area contributed by atoms with Gasteiger partial charge in [-0.3, -0.25) is 4.79 Å². The molecule has 0 bridgehead atoms. The van der Waals surface area contributed by atoms with Crippen LogP contribution in [0.4, 0.5) is 0 Å². The standard InChI is InChI=1S/C12H25N3O/c1-10(12(16)14(2)3)13-9-11-7-5-6-8-15(11)4/h10-11,13H,5-9H2,1-4H3. The summed E-state index contributed by atoms with van der Waals surface area (Å²) in [6.07, 6.45) is 3.86. The van der Waals surface area contributed by atoms with Gasteiger partial charge in [0.2, 0.25) is 5.91 Å². The maximum absolute atomic E-state index is 11.6. The van der Waals surface area contributed by atoms with Crippen LogP contribution in [0.15, 0.2) is 0 Å². The van der Waals surface area contributed by atoms with Crippen LogP contribution in [0.2, 0.25) is 0 Å². The topological polar surface area (TPSA) is 35.6 Å². The van der Waals surface area contributed by atoms with Crippen LogP contribution < -0.4 is 5.32 Å². The average molecular weight is 227 g/mol. The van der Waals surface area contributed by atoms with E-state index in [1.807, 2.05) is 6.92 Å². The molecule has 0 spiro atoms. The molecule has 16 heavy (non-hydrogen) atoms. The molecule has 94 valence electrons. The van der Waals surface area contributed by atoms with Crippen molar-refractivity contribution in [1.82, 2.24) is 15.1 Å². The van der Waals surface area contributed by atoms with Crippen molar-refractivity contribution in [2.24, 2.45) is 0 Å². The highest BCUT2D eigenvalue weighted by Crippen LogP contribution is 2.14. The molecular weight excluding hydrogens is 202 g/mol. The third-order valence-electron chi connectivity index (χ3n) is 3.39. The number of hydrogen-bond donors (Lipinski definition) is 1. The van der Waals surface area contributed by atoms with Gasteiger partial charge in [0, 0.05) is 26.7 Å². The summed E-state index contributed by atoms with van der Waals surface area (Å²) in [7, 11) is 5.77. The molecule has 1 heterocycles. The van der Waals surface area contributed by atoms with Crippen LogP contribution in [-0.4, -0.2) is 62.0 Å². The first kappa shape index (κ1) is 13.5. The van der Waals surface area contributed by atoms with Gasteiger partial charge < -0.3 is 15.1 Å². The van der Waals surface area contributed by atoms with Gasteiger partial charge in [-0.2, -0.15) is 0 Å². The Labute approximate surface area is 99.0 Å². The predicted octanol–water partition coefficient (Wildman–Crippen LogP) is 0.537. The summed E-state index contributed by atoms with van der Waals surface area (Å²) >= 11 is 0. The highest BCUT2D eigenvalue weighted by Gasteiger charge is 2.21. The summed E-state index contributed by atoms with van der Waals surface area (Å²) in [5.41, 5.74) is 0. The molecule has 1 amide bonds. The summed E-state index contributed by atoms with van der Waals surface area (Å²) in [5, 5.41) is 3.33. The van der Waals surface area contributed by atoms with Crippen molar-refractivity contribution in [3.63, 3.8) is 0 Å². The lowest BCUT2D eigenvalue weighted by Gasteiger charge is -2.33. The molecule has 0 aromatic heterocycles. The summed E-state index contributed by atoms with van der Waals surface area (Å²) in [5.74, 6) is 0.151. The molecule has 0 aromatic rings. The van der Waals surface area contributed by atoms with Crippen LogP contribution in [0.5, 0.6) is 0 Å². The van der Waals surface area contributed by atoms with Crippen LogP contribution >= 0.6 is 0 Å². The molecular formula is C12H25N3O. The Bertz CT molecular complexity index is 230. The number of hydrogen-bond acceptors (Lipinski definition) is 3. The molecule has 2 atom stereocenters. The molecule has 0 aromatic carbocycles. The van der Waals surface area contributed by atoms with E-state index in [4.69, 9.17) is 0 Å². The number of rotatable bonds is 4. The molecule has 1 rings (SSSR count). The summed E-state index contributed by atoms with van der Waals surface area (Å²) < 4.78 is 0. The van der Waals surface area contributed by atoms with Crippen molar-refractivity contribution < 1.29 is 4.79 Å². The molecule has 1 fully saturated rings. The largest absolute Gasteiger partial charge is 0.347 e. The van der Waals surface area contributed by atoms with Gasteiger partial charge in [-0.25, -0.2) is 0 Å². The van der Waals surface area contributed by atoms with Crippen molar-refractivity contribution in [3.8, 4) is 0 Å². The summed E-state index contributed by atoms with van der Waals surface area (Å²) in [6.45, 7) is 4.03. The van der Waals surface area contributed by atoms with Crippen LogP contribution in [-0.2, 0) is 4.79 Å². The van der Waals surface area contributed by atoms with Gasteiger partial charge in [0.1, 0.15) is 0 Å². The quantitative estimate of drug-likeness (QED) is 0.761. The van der Waals surface area contributed by atoms with E-state index in [0.29, 0.717) is 6.04 Å². The van der Waals surface area contributed by atoms with Gasteiger partial charge in [0.05, 0.1) is 6.04 Å². The Morgan fingerprint density at radius 1 is 1.50 bits per heavy atom. The van der Waals surface area contributed by atoms with Crippen LogP contribution in [0.3, 0.4) is 0 Å². The Morgan fingerprint density at radius 3 is 2.75 bits per heavy atom. The van der Waals surface area contributed by atoms with E-state index in [2.05, 4.69) is 17.3 Å².